The fourth-order valence-electron chi connectivity index (χ4n) is 15.1. The third kappa shape index (κ3) is 27.8. The number of aromatic nitrogens is 8. The number of amides is 8. The van der Waals surface area contributed by atoms with E-state index in [-0.39, 0.29) is 109 Å². The number of imidazole rings is 2. The number of imide groups is 4. The third-order valence-corrected chi connectivity index (χ3v) is 21.8. The SMILES string of the molecule is Cc1noc(C)c1-c1ccc(-c2nc3cnccn3c2CCC(=O)CCCCOCCOCCOCCCCC(=O)COc2cccc3c2C(=O)N(C2CCC(=O)NC2=O)C3=O)cc1.Cc1noc(C)c1-c1ccc(-c2nc3cnccn3c2NCC(=O)O)cc1.NCCCOCCOCCOCCCCC(=O)COc1cccc2c1C(=O)N(C1CCC(=O)NC1=O)C2=O.O=C(O)C(F)(F)F. The second-order valence-corrected chi connectivity index (χ2v) is 31.6. The molecule has 10 aromatic rings. The molecule has 14 rings (SSSR count). The van der Waals surface area contributed by atoms with Crippen LogP contribution in [0.25, 0.3) is 56.1 Å². The zero-order valence-electron chi connectivity index (χ0n) is 75.3. The zero-order chi connectivity index (χ0) is 97.4. The van der Waals surface area contributed by atoms with Crippen LogP contribution in [-0.4, -0.2) is 259 Å². The van der Waals surface area contributed by atoms with E-state index in [0.717, 1.165) is 102 Å². The number of aliphatic carboxylic acids is 2. The number of carbonyl (C=O) groups is 13. The van der Waals surface area contributed by atoms with Crippen molar-refractivity contribution in [3.63, 3.8) is 0 Å². The number of hydrogen-bond acceptors (Lipinski definition) is 31. The number of piperidine rings is 2. The quantitative estimate of drug-likeness (QED) is 0.0152. The molecule has 2 unspecified atom stereocenters. The fraction of sp³-hybridized carbons (Fsp3) is 0.415. The van der Waals surface area contributed by atoms with E-state index in [1.54, 1.807) is 47.5 Å². The number of Topliss-reactive ketones (excluding diaryl/α,β-unsaturated/α-hetero) is 3. The molecule has 136 heavy (non-hydrogen) atoms. The molecule has 0 spiro atoms. The molecule has 4 aliphatic rings. The normalized spacial score (nSPS) is 14.6. The molecular formula is C94H105F3N14O25. The van der Waals surface area contributed by atoms with Crippen LogP contribution < -0.4 is 31.2 Å². The monoisotopic (exact) mass is 1890 g/mol. The molecule has 0 aliphatic carbocycles. The first-order valence-corrected chi connectivity index (χ1v) is 44.2. The molecule has 10 heterocycles. The molecule has 0 saturated carbocycles. The number of unbranched alkanes of at least 4 members (excludes halogenated alkanes) is 3. The van der Waals surface area contributed by atoms with Gasteiger partial charge in [0.05, 0.1) is 110 Å². The summed E-state index contributed by atoms with van der Waals surface area (Å²) in [4.78, 5) is 177. The minimum atomic E-state index is -5.08. The van der Waals surface area contributed by atoms with Crippen molar-refractivity contribution in [2.24, 2.45) is 5.73 Å². The number of benzene rings is 4. The number of aryl methyl sites for hydroxylation is 5. The highest BCUT2D eigenvalue weighted by atomic mass is 19.4. The van der Waals surface area contributed by atoms with Crippen molar-refractivity contribution >= 4 is 93.7 Å². The van der Waals surface area contributed by atoms with Crippen molar-refractivity contribution in [1.29, 1.82) is 0 Å². The molecule has 2 fully saturated rings. The molecule has 722 valence electrons. The van der Waals surface area contributed by atoms with Crippen LogP contribution in [-0.2, 0) is 78.0 Å². The summed E-state index contributed by atoms with van der Waals surface area (Å²) >= 11 is 0. The van der Waals surface area contributed by atoms with Gasteiger partial charge in [0, 0.05) is 112 Å². The number of halogens is 3. The van der Waals surface area contributed by atoms with Crippen molar-refractivity contribution in [2.45, 2.75) is 149 Å². The Morgan fingerprint density at radius 3 is 1.28 bits per heavy atom. The minimum Gasteiger partial charge on any atom is -0.485 e. The summed E-state index contributed by atoms with van der Waals surface area (Å²) in [6.07, 6.45) is 12.3. The molecule has 2 atom stereocenters. The Labute approximate surface area is 776 Å². The Hall–Kier alpha value is -14.0. The van der Waals surface area contributed by atoms with Crippen LogP contribution in [0, 0.1) is 27.7 Å². The molecule has 4 aliphatic heterocycles. The standard InChI is InChI=1S/C47H52N6O11.C26H35N3O9.C19H17N5O3.C2HF3O2/c1-30-42(31(2)64-51-30)32-12-14-33(15-13-32)44-37(52-21-20-48-28-40(52)49-44)17-16-34(54)8-3-5-22-60-24-26-62-27-25-61-23-6-4-9-35(55)29-63-39-11-7-10-36-43(39)47(59)53(46(36)58)38-18-19-41(56)50-45(38)57;27-10-4-12-36-14-16-37-15-13-35-11-2-1-5-18(30)17-38-21-7-3-6-19-23(21)26(34)29(25(19)33)20-8-9-22(31)28-24(20)32;1-11-17(12(2)27-23-11)13-3-5-14(6-4-13)18-19(21-10-16(25)26)24-8-7-20-9-15(24)22-18;3-2(4,5)1(6)7/h7,10-15,20-21,28,38H,3-6,8-9,16-19,22-27,29H2,1-2H3,(H,50,56,57);3,6-7,20H,1-2,4-5,8-17,27H2,(H,28,31,32);3-9,21H,10H2,1-2H3,(H,25,26);(H,6,7). The molecular weight excluding hydrogens is 1780 g/mol. The number of nitrogens with zero attached hydrogens (tertiary/aromatic N) is 10. The van der Waals surface area contributed by atoms with E-state index < -0.39 is 77.5 Å². The summed E-state index contributed by atoms with van der Waals surface area (Å²) in [5.74, 6) is -6.40. The Morgan fingerprint density at radius 2 is 0.875 bits per heavy atom. The van der Waals surface area contributed by atoms with E-state index in [1.165, 1.54) is 24.3 Å². The number of ether oxygens (including phenoxy) is 8. The Morgan fingerprint density at radius 1 is 0.485 bits per heavy atom. The van der Waals surface area contributed by atoms with Crippen molar-refractivity contribution in [1.82, 2.24) is 59.5 Å². The molecule has 7 N–H and O–H groups in total. The highest BCUT2D eigenvalue weighted by Gasteiger charge is 2.48. The molecule has 8 amide bonds. The van der Waals surface area contributed by atoms with E-state index >= 15 is 0 Å². The summed E-state index contributed by atoms with van der Waals surface area (Å²) in [6.45, 7) is 13.3. The number of nitrogens with two attached hydrogens (primary N) is 1. The van der Waals surface area contributed by atoms with Gasteiger partial charge in [0.25, 0.3) is 23.6 Å². The fourth-order valence-corrected chi connectivity index (χ4v) is 15.1. The number of ketones is 3. The molecule has 4 aromatic carbocycles. The smallest absolute Gasteiger partial charge is 0.485 e. The first-order chi connectivity index (χ1) is 65.5. The van der Waals surface area contributed by atoms with Gasteiger partial charge in [0.1, 0.15) is 72.2 Å². The highest BCUT2D eigenvalue weighted by Crippen LogP contribution is 2.39. The minimum absolute atomic E-state index is 0.00582. The summed E-state index contributed by atoms with van der Waals surface area (Å²) in [5, 5.41) is 31.5. The van der Waals surface area contributed by atoms with Gasteiger partial charge in [-0.15, -0.1) is 0 Å². The third-order valence-electron chi connectivity index (χ3n) is 21.8. The van der Waals surface area contributed by atoms with E-state index in [9.17, 15) is 70.7 Å². The Kier molecular flexibility index (Phi) is 37.9. The molecule has 0 radical (unpaired) electrons. The predicted molar refractivity (Wildman–Crippen MR) is 477 cm³/mol. The molecule has 2 saturated heterocycles. The van der Waals surface area contributed by atoms with Gasteiger partial charge in [-0.25, -0.2) is 14.8 Å². The second-order valence-electron chi connectivity index (χ2n) is 31.6. The Bertz CT molecular complexity index is 5870. The van der Waals surface area contributed by atoms with Gasteiger partial charge >= 0.3 is 18.1 Å². The number of carboxylic acid groups (broad SMARTS) is 2. The first kappa shape index (κ1) is 102. The number of nitrogens with one attached hydrogen (secondary N) is 3. The number of rotatable bonds is 48. The van der Waals surface area contributed by atoms with E-state index in [1.807, 2.05) is 86.8 Å². The van der Waals surface area contributed by atoms with Crippen LogP contribution >= 0.6 is 0 Å². The number of hydrogen-bond donors (Lipinski definition) is 6. The van der Waals surface area contributed by atoms with Crippen LogP contribution in [0.5, 0.6) is 11.5 Å². The van der Waals surface area contributed by atoms with Crippen LogP contribution in [0.3, 0.4) is 0 Å². The lowest BCUT2D eigenvalue weighted by Gasteiger charge is -2.27. The van der Waals surface area contributed by atoms with Gasteiger partial charge in [0.2, 0.25) is 23.6 Å². The molecule has 6 aromatic heterocycles. The topological polar surface area (TPSA) is 517 Å². The van der Waals surface area contributed by atoms with E-state index in [2.05, 4.69) is 41.2 Å². The zero-order valence-corrected chi connectivity index (χ0v) is 75.3. The van der Waals surface area contributed by atoms with E-state index in [0.29, 0.717) is 148 Å². The lowest BCUT2D eigenvalue weighted by molar-refractivity contribution is -0.192. The molecule has 42 heteroatoms. The van der Waals surface area contributed by atoms with Crippen LogP contribution in [0.4, 0.5) is 19.0 Å². The largest absolute Gasteiger partial charge is 0.490 e. The van der Waals surface area contributed by atoms with Crippen LogP contribution in [0.1, 0.15) is 166 Å². The first-order valence-electron chi connectivity index (χ1n) is 44.2. The van der Waals surface area contributed by atoms with Gasteiger partial charge in [-0.05, 0) is 134 Å². The van der Waals surface area contributed by atoms with E-state index in [4.69, 9.17) is 72.7 Å². The maximum absolute atomic E-state index is 13.2. The average Bonchev–Trinajstić information content (AvgIpc) is 1.60. The highest BCUT2D eigenvalue weighted by molar-refractivity contribution is 6.25. The summed E-state index contributed by atoms with van der Waals surface area (Å²) in [6, 6.07) is 22.9. The van der Waals surface area contributed by atoms with Gasteiger partial charge in [-0.2, -0.15) is 13.2 Å². The molecule has 0 bridgehead atoms. The average molecular weight is 1890 g/mol. The number of carbonyl (C=O) groups excluding carboxylic acids is 11. The number of alkyl halides is 3. The van der Waals surface area contributed by atoms with Gasteiger partial charge < -0.3 is 72.6 Å². The van der Waals surface area contributed by atoms with Gasteiger partial charge in [-0.1, -0.05) is 71.0 Å². The van der Waals surface area contributed by atoms with Crippen molar-refractivity contribution in [3.8, 4) is 56.3 Å². The predicted octanol–water partition coefficient (Wildman–Crippen LogP) is 10.0. The number of anilines is 1. The van der Waals surface area contributed by atoms with Crippen molar-refractivity contribution in [2.75, 3.05) is 111 Å². The second kappa shape index (κ2) is 50.3. The van der Waals surface area contributed by atoms with Crippen molar-refractivity contribution in [3.05, 3.63) is 173 Å². The van der Waals surface area contributed by atoms with Crippen LogP contribution in [0.2, 0.25) is 0 Å². The van der Waals surface area contributed by atoms with Crippen molar-refractivity contribution < 1.29 is 133 Å². The van der Waals surface area contributed by atoms with Gasteiger partial charge in [-0.3, -0.25) is 92.3 Å². The maximum atomic E-state index is 13.2. The lowest BCUT2D eigenvalue weighted by atomic mass is 10.00. The van der Waals surface area contributed by atoms with Crippen LogP contribution in [0.15, 0.2) is 131 Å². The number of fused-ring (bicyclic) bond motifs is 4. The summed E-state index contributed by atoms with van der Waals surface area (Å²) in [5.41, 5.74) is 16.9. The lowest BCUT2D eigenvalue weighted by Crippen LogP contribution is -2.54. The molecule has 39 nitrogen and oxygen atoms in total. The number of carboxylic acids is 2. The maximum Gasteiger partial charge on any atom is 0.490 e. The summed E-state index contributed by atoms with van der Waals surface area (Å²) < 4.78 is 90.5. The summed E-state index contributed by atoms with van der Waals surface area (Å²) in [7, 11) is 0. The van der Waals surface area contributed by atoms with Gasteiger partial charge in [0.15, 0.2) is 22.9 Å². The Balaban J connectivity index is 0.000000207.